The fourth-order valence-electron chi connectivity index (χ4n) is 3.76. The highest BCUT2D eigenvalue weighted by Gasteiger charge is 2.47. The first kappa shape index (κ1) is 18.3. The number of rotatable bonds is 5. The molecule has 0 aliphatic heterocycles. The molecule has 28 heavy (non-hydrogen) atoms. The molecule has 144 valence electrons. The van der Waals surface area contributed by atoms with Crippen LogP contribution in [0.3, 0.4) is 0 Å². The number of carbonyl (C=O) groups is 1. The molecule has 0 amide bonds. The lowest BCUT2D eigenvalue weighted by atomic mass is 9.87. The largest absolute Gasteiger partial charge is 0.490 e. The number of nitrogens with zero attached hydrogens (tertiary/aromatic N) is 1. The second kappa shape index (κ2) is 7.15. The van der Waals surface area contributed by atoms with Crippen molar-refractivity contribution in [2.45, 2.75) is 38.9 Å². The molecule has 0 bridgehead atoms. The predicted molar refractivity (Wildman–Crippen MR) is 107 cm³/mol. The lowest BCUT2D eigenvalue weighted by molar-refractivity contribution is -0.148. The van der Waals surface area contributed by atoms with Crippen LogP contribution in [-0.4, -0.2) is 23.2 Å². The van der Waals surface area contributed by atoms with Gasteiger partial charge in [0.25, 0.3) is 0 Å². The van der Waals surface area contributed by atoms with Gasteiger partial charge in [-0.25, -0.2) is 4.79 Å². The third-order valence-corrected chi connectivity index (χ3v) is 5.49. The Labute approximate surface area is 164 Å². The molecule has 0 saturated heterocycles. The zero-order chi connectivity index (χ0) is 19.7. The first-order chi connectivity index (χ1) is 13.5. The Morgan fingerprint density at radius 2 is 2.07 bits per heavy atom. The summed E-state index contributed by atoms with van der Waals surface area (Å²) >= 11 is 0. The van der Waals surface area contributed by atoms with Gasteiger partial charge in [-0.05, 0) is 43.2 Å². The van der Waals surface area contributed by atoms with Crippen LogP contribution < -0.4 is 4.74 Å². The SMILES string of the molecule is C=CC(=O)OC1CCC(Oc2ccc3cc(-c4cccnc4)oc3c2)C1(C)C. The van der Waals surface area contributed by atoms with Gasteiger partial charge in [-0.3, -0.25) is 4.98 Å². The molecule has 2 atom stereocenters. The van der Waals surface area contributed by atoms with Crippen LogP contribution in [0.5, 0.6) is 5.75 Å². The van der Waals surface area contributed by atoms with Crippen molar-refractivity contribution in [3.05, 3.63) is 61.4 Å². The van der Waals surface area contributed by atoms with Gasteiger partial charge >= 0.3 is 5.97 Å². The van der Waals surface area contributed by atoms with Crippen molar-refractivity contribution in [1.82, 2.24) is 4.98 Å². The number of ether oxygens (including phenoxy) is 2. The van der Waals surface area contributed by atoms with E-state index in [0.717, 1.165) is 40.9 Å². The molecule has 2 heterocycles. The smallest absolute Gasteiger partial charge is 0.330 e. The molecule has 1 saturated carbocycles. The maximum Gasteiger partial charge on any atom is 0.330 e. The summed E-state index contributed by atoms with van der Waals surface area (Å²) in [6, 6.07) is 11.7. The first-order valence-corrected chi connectivity index (χ1v) is 9.41. The summed E-state index contributed by atoms with van der Waals surface area (Å²) in [5.74, 6) is 1.13. The van der Waals surface area contributed by atoms with E-state index in [2.05, 4.69) is 25.4 Å². The molecule has 0 spiro atoms. The Bertz CT molecular complexity index is 1010. The van der Waals surface area contributed by atoms with Gasteiger partial charge in [0.1, 0.15) is 29.3 Å². The Morgan fingerprint density at radius 3 is 2.82 bits per heavy atom. The van der Waals surface area contributed by atoms with Crippen molar-refractivity contribution < 1.29 is 18.7 Å². The van der Waals surface area contributed by atoms with Crippen LogP contribution in [-0.2, 0) is 9.53 Å². The third kappa shape index (κ3) is 3.40. The summed E-state index contributed by atoms with van der Waals surface area (Å²) in [5.41, 5.74) is 1.41. The van der Waals surface area contributed by atoms with Crippen molar-refractivity contribution in [3.8, 4) is 17.1 Å². The molecule has 2 unspecified atom stereocenters. The standard InChI is InChI=1S/C23H23NO4/c1-4-22(25)28-21-10-9-20(23(21,2)3)26-17-8-7-15-12-18(27-19(15)13-17)16-6-5-11-24-14-16/h4-8,11-14,20-21H,1,9-10H2,2-3H3. The molecular formula is C23H23NO4. The van der Waals surface area contributed by atoms with Gasteiger partial charge in [0, 0.05) is 40.9 Å². The second-order valence-electron chi connectivity index (χ2n) is 7.69. The number of furan rings is 1. The van der Waals surface area contributed by atoms with Gasteiger partial charge in [-0.15, -0.1) is 0 Å². The Hall–Kier alpha value is -3.08. The molecule has 1 aliphatic carbocycles. The quantitative estimate of drug-likeness (QED) is 0.454. The second-order valence-corrected chi connectivity index (χ2v) is 7.69. The highest BCUT2D eigenvalue weighted by molar-refractivity contribution is 5.84. The van der Waals surface area contributed by atoms with Gasteiger partial charge in [-0.1, -0.05) is 20.4 Å². The average molecular weight is 377 g/mol. The van der Waals surface area contributed by atoms with Gasteiger partial charge in [0.05, 0.1) is 0 Å². The monoisotopic (exact) mass is 377 g/mol. The molecule has 1 fully saturated rings. The molecule has 0 N–H and O–H groups in total. The lowest BCUT2D eigenvalue weighted by Gasteiger charge is -2.32. The van der Waals surface area contributed by atoms with Crippen LogP contribution in [0, 0.1) is 5.41 Å². The van der Waals surface area contributed by atoms with Crippen molar-refractivity contribution in [1.29, 1.82) is 0 Å². The number of hydrogen-bond acceptors (Lipinski definition) is 5. The fraction of sp³-hybridized carbons (Fsp3) is 0.304. The zero-order valence-electron chi connectivity index (χ0n) is 16.1. The highest BCUT2D eigenvalue weighted by atomic mass is 16.5. The molecular weight excluding hydrogens is 354 g/mol. The van der Waals surface area contributed by atoms with Crippen LogP contribution in [0.4, 0.5) is 0 Å². The molecule has 1 aromatic carbocycles. The summed E-state index contributed by atoms with van der Waals surface area (Å²) in [6.07, 6.45) is 6.06. The number of esters is 1. The average Bonchev–Trinajstić information content (AvgIpc) is 3.24. The fourth-order valence-corrected chi connectivity index (χ4v) is 3.76. The van der Waals surface area contributed by atoms with Crippen molar-refractivity contribution in [2.24, 2.45) is 5.41 Å². The molecule has 1 aliphatic rings. The van der Waals surface area contributed by atoms with E-state index in [4.69, 9.17) is 13.9 Å². The number of pyridine rings is 1. The summed E-state index contributed by atoms with van der Waals surface area (Å²) in [5, 5.41) is 1.01. The lowest BCUT2D eigenvalue weighted by Crippen LogP contribution is -2.38. The van der Waals surface area contributed by atoms with Gasteiger partial charge < -0.3 is 13.9 Å². The number of carbonyl (C=O) groups excluding carboxylic acids is 1. The topological polar surface area (TPSA) is 61.6 Å². The van der Waals surface area contributed by atoms with Gasteiger partial charge in [0.15, 0.2) is 0 Å². The van der Waals surface area contributed by atoms with Gasteiger partial charge in [0.2, 0.25) is 0 Å². The molecule has 5 nitrogen and oxygen atoms in total. The van der Waals surface area contributed by atoms with E-state index in [1.54, 1.807) is 12.4 Å². The van der Waals surface area contributed by atoms with E-state index in [0.29, 0.717) is 0 Å². The highest BCUT2D eigenvalue weighted by Crippen LogP contribution is 2.42. The Balaban J connectivity index is 1.53. The van der Waals surface area contributed by atoms with Crippen LogP contribution >= 0.6 is 0 Å². The minimum Gasteiger partial charge on any atom is -0.490 e. The van der Waals surface area contributed by atoms with Crippen LogP contribution in [0.15, 0.2) is 65.9 Å². The Morgan fingerprint density at radius 1 is 1.25 bits per heavy atom. The van der Waals surface area contributed by atoms with E-state index in [1.807, 2.05) is 36.4 Å². The maximum absolute atomic E-state index is 11.6. The molecule has 3 aromatic rings. The molecule has 0 radical (unpaired) electrons. The molecule has 2 aromatic heterocycles. The van der Waals surface area contributed by atoms with Crippen molar-refractivity contribution >= 4 is 16.9 Å². The van der Waals surface area contributed by atoms with E-state index < -0.39 is 5.97 Å². The normalized spacial score (nSPS) is 20.8. The number of benzene rings is 1. The number of fused-ring (bicyclic) bond motifs is 1. The summed E-state index contributed by atoms with van der Waals surface area (Å²) in [6.45, 7) is 7.60. The summed E-state index contributed by atoms with van der Waals surface area (Å²) in [4.78, 5) is 15.7. The van der Waals surface area contributed by atoms with E-state index in [-0.39, 0.29) is 17.6 Å². The van der Waals surface area contributed by atoms with Crippen molar-refractivity contribution in [3.63, 3.8) is 0 Å². The number of hydrogen-bond donors (Lipinski definition) is 0. The molecule has 4 rings (SSSR count). The maximum atomic E-state index is 11.6. The van der Waals surface area contributed by atoms with Crippen LogP contribution in [0.1, 0.15) is 26.7 Å². The number of aromatic nitrogens is 1. The minimum absolute atomic E-state index is 0.0553. The summed E-state index contributed by atoms with van der Waals surface area (Å²) in [7, 11) is 0. The third-order valence-electron chi connectivity index (χ3n) is 5.49. The van der Waals surface area contributed by atoms with Crippen molar-refractivity contribution in [2.75, 3.05) is 0 Å². The van der Waals surface area contributed by atoms with E-state index >= 15 is 0 Å². The van der Waals surface area contributed by atoms with Crippen LogP contribution in [0.2, 0.25) is 0 Å². The predicted octanol–water partition coefficient (Wildman–Crippen LogP) is 5.16. The first-order valence-electron chi connectivity index (χ1n) is 9.41. The van der Waals surface area contributed by atoms with Crippen LogP contribution in [0.25, 0.3) is 22.3 Å². The zero-order valence-corrected chi connectivity index (χ0v) is 16.1. The van der Waals surface area contributed by atoms with E-state index in [9.17, 15) is 4.79 Å². The van der Waals surface area contributed by atoms with Gasteiger partial charge in [-0.2, -0.15) is 0 Å². The molecule has 5 heteroatoms. The summed E-state index contributed by atoms with van der Waals surface area (Å²) < 4.78 is 17.8. The Kier molecular flexibility index (Phi) is 4.67. The van der Waals surface area contributed by atoms with E-state index in [1.165, 1.54) is 6.08 Å². The minimum atomic E-state index is -0.390.